The molecule has 2 aromatic carbocycles. The molecule has 24 heavy (non-hydrogen) atoms. The van der Waals surface area contributed by atoms with Gasteiger partial charge in [-0.3, -0.25) is 4.79 Å². The molecule has 1 aliphatic heterocycles. The standard InChI is InChI=1S/C17H15ClN2O3S/c1-11(24-14-5-3-13(18)4-6-14)17(21)20-19-9-12-2-7-15-16(8-12)23-10-22-15/h2-9,11H,10H2,1H3,(H,20,21). The van der Waals surface area contributed by atoms with Crippen LogP contribution in [0.1, 0.15) is 12.5 Å². The Hall–Kier alpha value is -2.18. The highest BCUT2D eigenvalue weighted by molar-refractivity contribution is 8.00. The van der Waals surface area contributed by atoms with Crippen molar-refractivity contribution in [1.29, 1.82) is 0 Å². The molecule has 0 saturated carbocycles. The second kappa shape index (κ2) is 7.59. The lowest BCUT2D eigenvalue weighted by Gasteiger charge is -2.09. The molecule has 1 amide bonds. The lowest BCUT2D eigenvalue weighted by Crippen LogP contribution is -2.26. The van der Waals surface area contributed by atoms with Crippen LogP contribution in [0.2, 0.25) is 5.02 Å². The van der Waals surface area contributed by atoms with Gasteiger partial charge in [-0.1, -0.05) is 11.6 Å². The third-order valence-electron chi connectivity index (χ3n) is 3.28. The number of nitrogens with one attached hydrogen (secondary N) is 1. The lowest BCUT2D eigenvalue weighted by molar-refractivity contribution is -0.120. The lowest BCUT2D eigenvalue weighted by atomic mass is 10.2. The smallest absolute Gasteiger partial charge is 0.253 e. The third kappa shape index (κ3) is 4.21. The number of rotatable bonds is 5. The molecular weight excluding hydrogens is 348 g/mol. The molecule has 1 aliphatic rings. The van der Waals surface area contributed by atoms with E-state index in [4.69, 9.17) is 21.1 Å². The van der Waals surface area contributed by atoms with Gasteiger partial charge in [-0.25, -0.2) is 5.43 Å². The zero-order chi connectivity index (χ0) is 16.9. The first-order chi connectivity index (χ1) is 11.6. The van der Waals surface area contributed by atoms with Gasteiger partial charge in [0.25, 0.3) is 5.91 Å². The molecule has 124 valence electrons. The van der Waals surface area contributed by atoms with Crippen molar-refractivity contribution in [2.75, 3.05) is 6.79 Å². The molecule has 1 N–H and O–H groups in total. The maximum Gasteiger partial charge on any atom is 0.253 e. The Kier molecular flexibility index (Phi) is 5.27. The van der Waals surface area contributed by atoms with Crippen molar-refractivity contribution < 1.29 is 14.3 Å². The van der Waals surface area contributed by atoms with Crippen LogP contribution in [0.5, 0.6) is 11.5 Å². The Morgan fingerprint density at radius 1 is 1.25 bits per heavy atom. The average molecular weight is 363 g/mol. The van der Waals surface area contributed by atoms with Gasteiger partial charge in [-0.2, -0.15) is 5.10 Å². The molecule has 1 heterocycles. The minimum absolute atomic E-state index is 0.174. The van der Waals surface area contributed by atoms with Crippen molar-refractivity contribution >= 4 is 35.5 Å². The van der Waals surface area contributed by atoms with E-state index in [0.717, 1.165) is 10.5 Å². The number of carbonyl (C=O) groups excluding carboxylic acids is 1. The van der Waals surface area contributed by atoms with Crippen LogP contribution in [-0.2, 0) is 4.79 Å². The summed E-state index contributed by atoms with van der Waals surface area (Å²) in [6.07, 6.45) is 1.57. The number of hydrogen-bond donors (Lipinski definition) is 1. The number of hydrogen-bond acceptors (Lipinski definition) is 5. The molecule has 0 spiro atoms. The van der Waals surface area contributed by atoms with Crippen molar-refractivity contribution in [2.45, 2.75) is 17.1 Å². The first-order valence-electron chi connectivity index (χ1n) is 7.26. The van der Waals surface area contributed by atoms with Crippen molar-refractivity contribution in [3.8, 4) is 11.5 Å². The zero-order valence-electron chi connectivity index (χ0n) is 12.9. The van der Waals surface area contributed by atoms with E-state index >= 15 is 0 Å². The summed E-state index contributed by atoms with van der Waals surface area (Å²) in [7, 11) is 0. The topological polar surface area (TPSA) is 59.9 Å². The van der Waals surface area contributed by atoms with Crippen molar-refractivity contribution in [3.05, 3.63) is 53.1 Å². The number of halogens is 1. The van der Waals surface area contributed by atoms with Gasteiger partial charge in [0, 0.05) is 9.92 Å². The summed E-state index contributed by atoms with van der Waals surface area (Å²) >= 11 is 7.29. The van der Waals surface area contributed by atoms with Crippen LogP contribution in [-0.4, -0.2) is 24.2 Å². The second-order valence-electron chi connectivity index (χ2n) is 5.06. The molecule has 1 unspecified atom stereocenters. The number of nitrogens with zero attached hydrogens (tertiary/aromatic N) is 1. The van der Waals surface area contributed by atoms with Crippen molar-refractivity contribution in [3.63, 3.8) is 0 Å². The monoisotopic (exact) mass is 362 g/mol. The fraction of sp³-hybridized carbons (Fsp3) is 0.176. The maximum atomic E-state index is 12.1. The van der Waals surface area contributed by atoms with Crippen molar-refractivity contribution in [2.24, 2.45) is 5.10 Å². The van der Waals surface area contributed by atoms with E-state index in [1.54, 1.807) is 18.3 Å². The van der Waals surface area contributed by atoms with Crippen LogP contribution in [0.4, 0.5) is 0 Å². The molecule has 0 fully saturated rings. The fourth-order valence-corrected chi connectivity index (χ4v) is 3.01. The van der Waals surface area contributed by atoms with E-state index in [1.165, 1.54) is 11.8 Å². The van der Waals surface area contributed by atoms with Gasteiger partial charge in [0.05, 0.1) is 11.5 Å². The minimum atomic E-state index is -0.278. The summed E-state index contributed by atoms with van der Waals surface area (Å²) in [6.45, 7) is 2.05. The Labute approximate surface area is 149 Å². The maximum absolute atomic E-state index is 12.1. The Morgan fingerprint density at radius 3 is 2.79 bits per heavy atom. The first-order valence-corrected chi connectivity index (χ1v) is 8.52. The summed E-state index contributed by atoms with van der Waals surface area (Å²) in [5.74, 6) is 1.22. The summed E-state index contributed by atoms with van der Waals surface area (Å²) in [5.41, 5.74) is 3.36. The zero-order valence-corrected chi connectivity index (χ0v) is 14.4. The molecule has 5 nitrogen and oxygen atoms in total. The highest BCUT2D eigenvalue weighted by Crippen LogP contribution is 2.32. The number of fused-ring (bicyclic) bond motifs is 1. The number of amides is 1. The van der Waals surface area contributed by atoms with Gasteiger partial charge < -0.3 is 9.47 Å². The van der Waals surface area contributed by atoms with Crippen LogP contribution in [0.15, 0.2) is 52.5 Å². The highest BCUT2D eigenvalue weighted by Gasteiger charge is 2.14. The van der Waals surface area contributed by atoms with Crippen molar-refractivity contribution in [1.82, 2.24) is 5.43 Å². The summed E-state index contributed by atoms with van der Waals surface area (Å²) < 4.78 is 10.5. The summed E-state index contributed by atoms with van der Waals surface area (Å²) in [4.78, 5) is 13.0. The number of hydrazone groups is 1. The SMILES string of the molecule is CC(Sc1ccc(Cl)cc1)C(=O)NN=Cc1ccc2c(c1)OCO2. The minimum Gasteiger partial charge on any atom is -0.454 e. The van der Waals surface area contributed by atoms with Gasteiger partial charge >= 0.3 is 0 Å². The molecule has 0 aromatic heterocycles. The second-order valence-corrected chi connectivity index (χ2v) is 6.91. The normalized spacial score (nSPS) is 13.9. The van der Waals surface area contributed by atoms with Crippen LogP contribution < -0.4 is 14.9 Å². The first kappa shape index (κ1) is 16.7. The van der Waals surface area contributed by atoms with E-state index in [-0.39, 0.29) is 18.0 Å². The van der Waals surface area contributed by atoms with Gasteiger partial charge in [0.1, 0.15) is 0 Å². The average Bonchev–Trinajstić information content (AvgIpc) is 3.04. The molecule has 0 aliphatic carbocycles. The highest BCUT2D eigenvalue weighted by atomic mass is 35.5. The predicted octanol–water partition coefficient (Wildman–Crippen LogP) is 3.70. The number of thioether (sulfide) groups is 1. The largest absolute Gasteiger partial charge is 0.454 e. The Morgan fingerprint density at radius 2 is 2.00 bits per heavy atom. The Bertz CT molecular complexity index is 765. The third-order valence-corrected chi connectivity index (χ3v) is 4.64. The van der Waals surface area contributed by atoms with E-state index in [0.29, 0.717) is 16.5 Å². The van der Waals surface area contributed by atoms with Gasteiger partial charge in [0.2, 0.25) is 6.79 Å². The van der Waals surface area contributed by atoms with Gasteiger partial charge in [0.15, 0.2) is 11.5 Å². The molecule has 2 aromatic rings. The summed E-state index contributed by atoms with van der Waals surface area (Å²) in [5, 5.41) is 4.38. The van der Waals surface area contributed by atoms with E-state index < -0.39 is 0 Å². The van der Waals surface area contributed by atoms with E-state index in [2.05, 4.69) is 10.5 Å². The van der Waals surface area contributed by atoms with Gasteiger partial charge in [-0.15, -0.1) is 11.8 Å². The molecule has 1 atom stereocenters. The summed E-state index contributed by atoms with van der Waals surface area (Å²) in [6, 6.07) is 12.8. The number of ether oxygens (including phenoxy) is 2. The van der Waals surface area contributed by atoms with Gasteiger partial charge in [-0.05, 0) is 55.0 Å². The molecule has 0 saturated heterocycles. The quantitative estimate of drug-likeness (QED) is 0.500. The van der Waals surface area contributed by atoms with Crippen LogP contribution in [0.3, 0.4) is 0 Å². The number of benzene rings is 2. The molecular formula is C17H15ClN2O3S. The molecule has 7 heteroatoms. The predicted molar refractivity (Wildman–Crippen MR) is 95.1 cm³/mol. The molecule has 0 radical (unpaired) electrons. The van der Waals surface area contributed by atoms with E-state index in [1.807, 2.05) is 37.3 Å². The number of carbonyl (C=O) groups is 1. The van der Waals surface area contributed by atoms with Crippen LogP contribution in [0, 0.1) is 0 Å². The molecule has 0 bridgehead atoms. The van der Waals surface area contributed by atoms with Crippen LogP contribution in [0.25, 0.3) is 0 Å². The molecule has 3 rings (SSSR count). The van der Waals surface area contributed by atoms with E-state index in [9.17, 15) is 4.79 Å². The Balaban J connectivity index is 1.53. The van der Waals surface area contributed by atoms with Crippen LogP contribution >= 0.6 is 23.4 Å². The fourth-order valence-electron chi connectivity index (χ4n) is 2.03.